The van der Waals surface area contributed by atoms with Gasteiger partial charge in [-0.05, 0) is 49.9 Å². The second kappa shape index (κ2) is 13.9. The molecule has 46 heavy (non-hydrogen) atoms. The number of hydrogen-bond acceptors (Lipinski definition) is 12. The molecule has 0 bridgehead atoms. The predicted molar refractivity (Wildman–Crippen MR) is 173 cm³/mol. The third kappa shape index (κ3) is 8.04. The Bertz CT molecular complexity index is 1810. The zero-order valence-corrected chi connectivity index (χ0v) is 27.0. The zero-order chi connectivity index (χ0) is 32.9. The summed E-state index contributed by atoms with van der Waals surface area (Å²) < 4.78 is 28.3. The monoisotopic (exact) mass is 665 g/mol. The van der Waals surface area contributed by atoms with Gasteiger partial charge < -0.3 is 20.1 Å². The molecule has 2 aromatic heterocycles. The minimum Gasteiger partial charge on any atom is -0.462 e. The summed E-state index contributed by atoms with van der Waals surface area (Å²) in [6, 6.07) is 17.3. The fourth-order valence-corrected chi connectivity index (χ4v) is 6.45. The Balaban J connectivity index is 1.33. The molecule has 0 aliphatic carbocycles. The minimum absolute atomic E-state index is 0.00594. The third-order valence-corrected chi connectivity index (χ3v) is 9.55. The summed E-state index contributed by atoms with van der Waals surface area (Å²) in [5.41, 5.74) is 1.57. The van der Waals surface area contributed by atoms with Gasteiger partial charge in [-0.25, -0.2) is 28.3 Å². The van der Waals surface area contributed by atoms with E-state index in [1.807, 2.05) is 30.3 Å². The Kier molecular flexibility index (Phi) is 9.96. The molecule has 0 unspecified atom stereocenters. The maximum atomic E-state index is 13.4. The normalized spacial score (nSPS) is 14.5. The van der Waals surface area contributed by atoms with Crippen LogP contribution in [0.4, 0.5) is 16.9 Å². The molecule has 4 aromatic rings. The molecule has 1 aliphatic heterocycles. The van der Waals surface area contributed by atoms with Crippen molar-refractivity contribution in [2.24, 2.45) is 5.14 Å². The van der Waals surface area contributed by atoms with Gasteiger partial charge in [0.1, 0.15) is 10.7 Å². The molecular formula is C31H35N7O6S2. The second-order valence-electron chi connectivity index (χ2n) is 10.8. The molecule has 0 saturated carbocycles. The van der Waals surface area contributed by atoms with Crippen LogP contribution in [0.15, 0.2) is 65.6 Å². The van der Waals surface area contributed by atoms with Crippen molar-refractivity contribution in [2.45, 2.75) is 50.2 Å². The number of likely N-dealkylation sites (tertiary alicyclic amines) is 1. The smallest absolute Gasteiger partial charge is 0.350 e. The molecule has 1 aliphatic rings. The molecule has 0 radical (unpaired) electrons. The van der Waals surface area contributed by atoms with Crippen molar-refractivity contribution in [3.63, 3.8) is 0 Å². The molecule has 1 amide bonds. The number of carbonyl (C=O) groups is 2. The minimum atomic E-state index is -3.81. The number of rotatable bonds is 11. The van der Waals surface area contributed by atoms with Crippen LogP contribution in [-0.2, 0) is 38.1 Å². The highest BCUT2D eigenvalue weighted by molar-refractivity contribution is 7.89. The number of nitrogens with zero attached hydrogens (tertiary/aromatic N) is 4. The van der Waals surface area contributed by atoms with E-state index >= 15 is 0 Å². The fraction of sp³-hybridized carbons (Fsp3) is 0.323. The van der Waals surface area contributed by atoms with Crippen LogP contribution in [0, 0.1) is 6.92 Å². The first-order valence-corrected chi connectivity index (χ1v) is 17.0. The van der Waals surface area contributed by atoms with Gasteiger partial charge in [0, 0.05) is 25.7 Å². The second-order valence-corrected chi connectivity index (χ2v) is 13.4. The Hall–Kier alpha value is -4.44. The highest BCUT2D eigenvalue weighted by Gasteiger charge is 2.35. The van der Waals surface area contributed by atoms with Crippen molar-refractivity contribution in [1.29, 1.82) is 0 Å². The molecule has 1 fully saturated rings. The van der Waals surface area contributed by atoms with Crippen molar-refractivity contribution in [2.75, 3.05) is 30.3 Å². The van der Waals surface area contributed by atoms with E-state index in [0.717, 1.165) is 22.5 Å². The van der Waals surface area contributed by atoms with Gasteiger partial charge in [0.05, 0.1) is 34.9 Å². The summed E-state index contributed by atoms with van der Waals surface area (Å²) in [6.07, 6.45) is 0.828. The number of esters is 1. The maximum Gasteiger partial charge on any atom is 0.350 e. The number of primary sulfonamides is 1. The molecule has 15 heteroatoms. The molecule has 242 valence electrons. The first-order chi connectivity index (χ1) is 21.9. The lowest BCUT2D eigenvalue weighted by Crippen LogP contribution is -2.45. The van der Waals surface area contributed by atoms with Crippen LogP contribution in [0.25, 0.3) is 0 Å². The quantitative estimate of drug-likeness (QED) is 0.172. The van der Waals surface area contributed by atoms with Crippen molar-refractivity contribution >= 4 is 50.1 Å². The number of nitrogens with one attached hydrogen (secondary N) is 2. The summed E-state index contributed by atoms with van der Waals surface area (Å²) in [7, 11) is -3.81. The van der Waals surface area contributed by atoms with E-state index in [-0.39, 0.29) is 29.8 Å². The number of aryl methyl sites for hydroxylation is 1. The molecular weight excluding hydrogens is 631 g/mol. The number of piperidine rings is 1. The number of hydrogen-bond donors (Lipinski definition) is 4. The van der Waals surface area contributed by atoms with E-state index in [4.69, 9.17) is 9.88 Å². The lowest BCUT2D eigenvalue weighted by molar-refractivity contribution is -0.135. The van der Waals surface area contributed by atoms with Crippen LogP contribution < -0.4 is 15.8 Å². The van der Waals surface area contributed by atoms with Crippen LogP contribution >= 0.6 is 11.3 Å². The molecule has 5 N–H and O–H groups in total. The van der Waals surface area contributed by atoms with Crippen LogP contribution in [0.1, 0.15) is 52.0 Å². The summed E-state index contributed by atoms with van der Waals surface area (Å²) in [4.78, 5) is 41.3. The number of benzene rings is 2. The van der Waals surface area contributed by atoms with E-state index in [1.165, 1.54) is 12.1 Å². The number of nitrogens with two attached hydrogens (primary N) is 1. The van der Waals surface area contributed by atoms with Crippen LogP contribution in [-0.4, -0.2) is 64.9 Å². The summed E-state index contributed by atoms with van der Waals surface area (Å²) in [6.45, 7) is 4.76. The van der Waals surface area contributed by atoms with Gasteiger partial charge in [-0.2, -0.15) is 4.98 Å². The average molecular weight is 666 g/mol. The van der Waals surface area contributed by atoms with E-state index in [9.17, 15) is 23.1 Å². The van der Waals surface area contributed by atoms with Crippen LogP contribution in [0.5, 0.6) is 0 Å². The van der Waals surface area contributed by atoms with Crippen molar-refractivity contribution in [3.8, 4) is 0 Å². The number of sulfonamides is 1. The number of aromatic nitrogens is 3. The van der Waals surface area contributed by atoms with Crippen molar-refractivity contribution in [3.05, 3.63) is 88.1 Å². The largest absolute Gasteiger partial charge is 0.462 e. The van der Waals surface area contributed by atoms with Gasteiger partial charge in [-0.15, -0.1) is 0 Å². The number of ether oxygens (including phenoxy) is 1. The molecule has 1 saturated heterocycles. The molecule has 5 rings (SSSR count). The molecule has 13 nitrogen and oxygen atoms in total. The lowest BCUT2D eigenvalue weighted by Gasteiger charge is -2.38. The number of anilines is 3. The van der Waals surface area contributed by atoms with Gasteiger partial charge in [-0.3, -0.25) is 10.1 Å². The zero-order valence-electron chi connectivity index (χ0n) is 25.4. The number of aliphatic hydroxyl groups is 1. The summed E-state index contributed by atoms with van der Waals surface area (Å²) in [5.74, 6) is -0.0354. The SMILES string of the molecule is CCOC(=O)c1sc(Nc2nc(CC(=O)N3CCC(O)(c4ccccc4)CC3)cc(NCc3ccc(S(N)(=O)=O)cc3)n2)nc1C. The Morgan fingerprint density at radius 2 is 1.76 bits per heavy atom. The first-order valence-electron chi connectivity index (χ1n) is 14.6. The summed E-state index contributed by atoms with van der Waals surface area (Å²) >= 11 is 1.11. The first kappa shape index (κ1) is 32.9. The number of amides is 1. The lowest BCUT2D eigenvalue weighted by atomic mass is 9.84. The molecule has 2 aromatic carbocycles. The topological polar surface area (TPSA) is 190 Å². The molecule has 0 atom stereocenters. The molecule has 3 heterocycles. The third-order valence-electron chi connectivity index (χ3n) is 7.57. The van der Waals surface area contributed by atoms with Gasteiger partial charge in [0.15, 0.2) is 5.13 Å². The number of thiazole rings is 1. The van der Waals surface area contributed by atoms with Gasteiger partial charge in [0.2, 0.25) is 21.9 Å². The Morgan fingerprint density at radius 1 is 1.07 bits per heavy atom. The van der Waals surface area contributed by atoms with Crippen LogP contribution in [0.2, 0.25) is 0 Å². The van der Waals surface area contributed by atoms with Gasteiger partial charge in [-0.1, -0.05) is 53.8 Å². The van der Waals surface area contributed by atoms with Crippen molar-refractivity contribution in [1.82, 2.24) is 19.9 Å². The fourth-order valence-electron chi connectivity index (χ4n) is 5.09. The average Bonchev–Trinajstić information content (AvgIpc) is 3.40. The highest BCUT2D eigenvalue weighted by Crippen LogP contribution is 2.33. The van der Waals surface area contributed by atoms with E-state index in [2.05, 4.69) is 25.6 Å². The molecule has 0 spiro atoms. The number of carbonyl (C=O) groups excluding carboxylic acids is 2. The van der Waals surface area contributed by atoms with E-state index < -0.39 is 21.6 Å². The maximum absolute atomic E-state index is 13.4. The predicted octanol–water partition coefficient (Wildman–Crippen LogP) is 3.47. The van der Waals surface area contributed by atoms with Crippen molar-refractivity contribution < 1.29 is 27.9 Å². The van der Waals surface area contributed by atoms with Gasteiger partial charge in [0.25, 0.3) is 0 Å². The highest BCUT2D eigenvalue weighted by atomic mass is 32.2. The van der Waals surface area contributed by atoms with Crippen LogP contribution in [0.3, 0.4) is 0 Å². The van der Waals surface area contributed by atoms with Gasteiger partial charge >= 0.3 is 5.97 Å². The van der Waals surface area contributed by atoms with E-state index in [0.29, 0.717) is 59.7 Å². The Morgan fingerprint density at radius 3 is 2.41 bits per heavy atom. The standard InChI is InChI=1S/C31H35N7O6S2/c1-3-44-28(40)27-20(2)34-30(45-27)37-29-35-23(17-25(36-29)33-19-21-9-11-24(12-10-21)46(32,42)43)18-26(39)38-15-13-31(41,14-16-38)22-7-5-4-6-8-22/h4-12,17,41H,3,13-16,18-19H2,1-2H3,(H2,32,42,43)(H2,33,34,35,36,37). The summed E-state index contributed by atoms with van der Waals surface area (Å²) in [5, 5.41) is 23.0. The Labute approximate surface area is 270 Å². The van der Waals surface area contributed by atoms with E-state index in [1.54, 1.807) is 36.9 Å².